The monoisotopic (exact) mass is 595 g/mol. The quantitative estimate of drug-likeness (QED) is 0.202. The standard InChI is InChI=1S/C26H28F3N5O4S2/c1-18(35)30-13-5-8-24-31-32-25(34(24)21-7-4-6-20(16-21)26(27,28)29)39-17-23(36)19-9-11-22(12-10-19)40(37,38)33-14-2-3-15-33/h4,6-7,9-12,16H,2-3,5,8,13-15,17H2,1H3,(H,30,35). The Morgan fingerprint density at radius 3 is 2.40 bits per heavy atom. The van der Waals surface area contributed by atoms with Gasteiger partial charge >= 0.3 is 6.18 Å². The topological polar surface area (TPSA) is 114 Å². The van der Waals surface area contributed by atoms with Crippen molar-refractivity contribution in [1.29, 1.82) is 0 Å². The van der Waals surface area contributed by atoms with Gasteiger partial charge in [0.05, 0.1) is 16.2 Å². The SMILES string of the molecule is CC(=O)NCCCc1nnc(SCC(=O)c2ccc(S(=O)(=O)N3CCCC3)cc2)n1-c1cccc(C(F)(F)F)c1. The molecule has 1 aromatic heterocycles. The van der Waals surface area contributed by atoms with E-state index in [1.165, 1.54) is 52.2 Å². The van der Waals surface area contributed by atoms with E-state index in [1.807, 2.05) is 0 Å². The molecule has 14 heteroatoms. The number of Topliss-reactive ketones (excluding diaryl/α,β-unsaturated/α-hetero) is 1. The van der Waals surface area contributed by atoms with Gasteiger partial charge in [-0.25, -0.2) is 8.42 Å². The van der Waals surface area contributed by atoms with Crippen LogP contribution in [-0.4, -0.2) is 64.6 Å². The number of rotatable bonds is 11. The second kappa shape index (κ2) is 12.5. The number of hydrogen-bond donors (Lipinski definition) is 1. The number of aryl methyl sites for hydroxylation is 1. The summed E-state index contributed by atoms with van der Waals surface area (Å²) >= 11 is 1.02. The molecule has 1 aliphatic heterocycles. The molecule has 0 aliphatic carbocycles. The number of carbonyl (C=O) groups is 2. The zero-order valence-corrected chi connectivity index (χ0v) is 23.3. The summed E-state index contributed by atoms with van der Waals surface area (Å²) in [5.74, 6) is -0.214. The highest BCUT2D eigenvalue weighted by Crippen LogP contribution is 2.32. The Hall–Kier alpha value is -3.23. The highest BCUT2D eigenvalue weighted by molar-refractivity contribution is 7.99. The first-order chi connectivity index (χ1) is 19.0. The molecule has 3 aromatic rings. The molecule has 2 aromatic carbocycles. The molecule has 2 heterocycles. The van der Waals surface area contributed by atoms with Gasteiger partial charge in [-0.2, -0.15) is 17.5 Å². The molecular weight excluding hydrogens is 567 g/mol. The molecule has 0 bridgehead atoms. The van der Waals surface area contributed by atoms with Crippen molar-refractivity contribution in [3.05, 3.63) is 65.5 Å². The molecule has 0 unspecified atom stereocenters. The fraction of sp³-hybridized carbons (Fsp3) is 0.385. The first-order valence-corrected chi connectivity index (χ1v) is 15.0. The molecule has 0 atom stereocenters. The van der Waals surface area contributed by atoms with Gasteiger partial charge < -0.3 is 5.32 Å². The third kappa shape index (κ3) is 7.09. The van der Waals surface area contributed by atoms with Crippen LogP contribution in [0, 0.1) is 0 Å². The van der Waals surface area contributed by atoms with Crippen LogP contribution in [0.2, 0.25) is 0 Å². The molecule has 0 spiro atoms. The second-order valence-electron chi connectivity index (χ2n) is 9.22. The Morgan fingerprint density at radius 1 is 1.05 bits per heavy atom. The zero-order valence-electron chi connectivity index (χ0n) is 21.6. The van der Waals surface area contributed by atoms with Crippen molar-refractivity contribution >= 4 is 33.5 Å². The van der Waals surface area contributed by atoms with Crippen LogP contribution in [-0.2, 0) is 27.4 Å². The number of alkyl halides is 3. The van der Waals surface area contributed by atoms with Crippen LogP contribution in [0.5, 0.6) is 0 Å². The number of nitrogens with one attached hydrogen (secondary N) is 1. The molecule has 1 amide bonds. The Morgan fingerprint density at radius 2 is 1.75 bits per heavy atom. The number of thioether (sulfide) groups is 1. The Labute approximate surface area is 234 Å². The van der Waals surface area contributed by atoms with E-state index in [9.17, 15) is 31.2 Å². The molecule has 0 radical (unpaired) electrons. The number of carbonyl (C=O) groups excluding carboxylic acids is 2. The van der Waals surface area contributed by atoms with E-state index < -0.39 is 21.8 Å². The molecule has 4 rings (SSSR count). The van der Waals surface area contributed by atoms with Gasteiger partial charge in [0.15, 0.2) is 10.9 Å². The van der Waals surface area contributed by atoms with Crippen LogP contribution in [0.25, 0.3) is 5.69 Å². The maximum absolute atomic E-state index is 13.4. The second-order valence-corrected chi connectivity index (χ2v) is 12.1. The first kappa shape index (κ1) is 29.7. The van der Waals surface area contributed by atoms with E-state index in [-0.39, 0.29) is 33.2 Å². The van der Waals surface area contributed by atoms with E-state index in [4.69, 9.17) is 0 Å². The summed E-state index contributed by atoms with van der Waals surface area (Å²) in [5, 5.41) is 11.2. The van der Waals surface area contributed by atoms with Crippen molar-refractivity contribution in [1.82, 2.24) is 24.4 Å². The van der Waals surface area contributed by atoms with Crippen LogP contribution in [0.1, 0.15) is 47.9 Å². The van der Waals surface area contributed by atoms with Crippen molar-refractivity contribution in [2.75, 3.05) is 25.4 Å². The summed E-state index contributed by atoms with van der Waals surface area (Å²) in [6, 6.07) is 10.5. The Balaban J connectivity index is 1.52. The van der Waals surface area contributed by atoms with Crippen LogP contribution in [0.3, 0.4) is 0 Å². The molecule has 0 saturated carbocycles. The largest absolute Gasteiger partial charge is 0.416 e. The van der Waals surface area contributed by atoms with Gasteiger partial charge in [0.25, 0.3) is 0 Å². The number of nitrogens with zero attached hydrogens (tertiary/aromatic N) is 4. The molecule has 1 N–H and O–H groups in total. The van der Waals surface area contributed by atoms with Crippen LogP contribution in [0.15, 0.2) is 58.6 Å². The maximum atomic E-state index is 13.4. The highest BCUT2D eigenvalue weighted by Gasteiger charge is 2.31. The number of amides is 1. The van der Waals surface area contributed by atoms with E-state index in [0.29, 0.717) is 43.9 Å². The minimum Gasteiger partial charge on any atom is -0.356 e. The Kier molecular flexibility index (Phi) is 9.31. The number of benzene rings is 2. The molecule has 214 valence electrons. The Bertz CT molecular complexity index is 1470. The van der Waals surface area contributed by atoms with Gasteiger partial charge in [-0.15, -0.1) is 10.2 Å². The van der Waals surface area contributed by atoms with E-state index in [0.717, 1.165) is 36.7 Å². The highest BCUT2D eigenvalue weighted by atomic mass is 32.2. The van der Waals surface area contributed by atoms with Gasteiger partial charge in [0, 0.05) is 44.2 Å². The predicted molar refractivity (Wildman–Crippen MR) is 143 cm³/mol. The summed E-state index contributed by atoms with van der Waals surface area (Å²) in [7, 11) is -3.61. The summed E-state index contributed by atoms with van der Waals surface area (Å²) in [4.78, 5) is 24.2. The van der Waals surface area contributed by atoms with Crippen molar-refractivity contribution in [2.45, 2.75) is 48.8 Å². The zero-order chi connectivity index (χ0) is 28.9. The fourth-order valence-electron chi connectivity index (χ4n) is 4.25. The number of sulfonamides is 1. The normalized spacial score (nSPS) is 14.4. The predicted octanol–water partition coefficient (Wildman–Crippen LogP) is 4.11. The lowest BCUT2D eigenvalue weighted by molar-refractivity contribution is -0.137. The van der Waals surface area contributed by atoms with Crippen molar-refractivity contribution in [3.8, 4) is 5.69 Å². The number of halogens is 3. The average Bonchev–Trinajstić information content (AvgIpc) is 3.60. The van der Waals surface area contributed by atoms with Gasteiger partial charge in [-0.1, -0.05) is 30.0 Å². The minimum atomic E-state index is -4.55. The summed E-state index contributed by atoms with van der Waals surface area (Å²) in [6.07, 6.45) is -2.12. The molecular formula is C26H28F3N5O4S2. The van der Waals surface area contributed by atoms with Gasteiger partial charge in [-0.3, -0.25) is 14.2 Å². The molecule has 1 saturated heterocycles. The minimum absolute atomic E-state index is 0.0960. The summed E-state index contributed by atoms with van der Waals surface area (Å²) < 4.78 is 68.6. The van der Waals surface area contributed by atoms with E-state index in [1.54, 1.807) is 0 Å². The lowest BCUT2D eigenvalue weighted by atomic mass is 10.1. The van der Waals surface area contributed by atoms with Crippen molar-refractivity contribution in [3.63, 3.8) is 0 Å². The molecule has 40 heavy (non-hydrogen) atoms. The van der Waals surface area contributed by atoms with Crippen molar-refractivity contribution < 1.29 is 31.2 Å². The van der Waals surface area contributed by atoms with E-state index in [2.05, 4.69) is 15.5 Å². The number of ketones is 1. The van der Waals surface area contributed by atoms with Gasteiger partial charge in [0.2, 0.25) is 15.9 Å². The lowest BCUT2D eigenvalue weighted by Crippen LogP contribution is -2.27. The van der Waals surface area contributed by atoms with Crippen molar-refractivity contribution in [2.24, 2.45) is 0 Å². The smallest absolute Gasteiger partial charge is 0.356 e. The fourth-order valence-corrected chi connectivity index (χ4v) is 6.63. The van der Waals surface area contributed by atoms with Crippen LogP contribution in [0.4, 0.5) is 13.2 Å². The average molecular weight is 596 g/mol. The summed E-state index contributed by atoms with van der Waals surface area (Å²) in [6.45, 7) is 2.69. The lowest BCUT2D eigenvalue weighted by Gasteiger charge is -2.15. The third-order valence-corrected chi connectivity index (χ3v) is 9.14. The molecule has 1 fully saturated rings. The molecule has 9 nitrogen and oxygen atoms in total. The molecule has 1 aliphatic rings. The first-order valence-electron chi connectivity index (χ1n) is 12.6. The van der Waals surface area contributed by atoms with Gasteiger partial charge in [-0.05, 0) is 49.6 Å². The van der Waals surface area contributed by atoms with E-state index >= 15 is 0 Å². The maximum Gasteiger partial charge on any atom is 0.416 e. The number of aromatic nitrogens is 3. The van der Waals surface area contributed by atoms with Crippen LogP contribution >= 0.6 is 11.8 Å². The third-order valence-electron chi connectivity index (χ3n) is 6.29. The van der Waals surface area contributed by atoms with Crippen LogP contribution < -0.4 is 5.32 Å². The number of hydrogen-bond acceptors (Lipinski definition) is 7. The summed E-state index contributed by atoms with van der Waals surface area (Å²) in [5.41, 5.74) is -0.340. The van der Waals surface area contributed by atoms with Gasteiger partial charge in [0.1, 0.15) is 5.82 Å².